The van der Waals surface area contributed by atoms with Gasteiger partial charge in [0.15, 0.2) is 0 Å². The molecule has 1 heterocycles. The van der Waals surface area contributed by atoms with Gasteiger partial charge in [-0.25, -0.2) is 4.98 Å². The van der Waals surface area contributed by atoms with E-state index in [0.29, 0.717) is 19.8 Å². The fourth-order valence-electron chi connectivity index (χ4n) is 1.85. The van der Waals surface area contributed by atoms with Gasteiger partial charge in [-0.2, -0.15) is 0 Å². The summed E-state index contributed by atoms with van der Waals surface area (Å²) in [6.45, 7) is 2.69. The number of fused-ring (bicyclic) bond motifs is 1. The molecular formula is C14H16N2O4. The van der Waals surface area contributed by atoms with E-state index in [2.05, 4.69) is 4.98 Å². The quantitative estimate of drug-likeness (QED) is 0.581. The lowest BCUT2D eigenvalue weighted by Gasteiger charge is -2.09. The average molecular weight is 276 g/mol. The van der Waals surface area contributed by atoms with Crippen molar-refractivity contribution >= 4 is 17.0 Å². The van der Waals surface area contributed by atoms with E-state index in [1.165, 1.54) is 13.1 Å². The second kappa shape index (κ2) is 6.81. The largest absolute Gasteiger partial charge is 0.463 e. The number of nitrogens with zero attached hydrogens (tertiary/aromatic N) is 2. The zero-order valence-corrected chi connectivity index (χ0v) is 11.2. The first kappa shape index (κ1) is 14.2. The first-order valence-corrected chi connectivity index (χ1v) is 6.34. The van der Waals surface area contributed by atoms with Gasteiger partial charge in [-0.1, -0.05) is 12.1 Å². The van der Waals surface area contributed by atoms with Crippen LogP contribution in [-0.2, 0) is 20.8 Å². The van der Waals surface area contributed by atoms with Crippen LogP contribution in [0.3, 0.4) is 0 Å². The van der Waals surface area contributed by atoms with E-state index in [9.17, 15) is 9.59 Å². The third kappa shape index (κ3) is 3.64. The highest BCUT2D eigenvalue weighted by atomic mass is 16.6. The van der Waals surface area contributed by atoms with Crippen LogP contribution in [0.1, 0.15) is 6.92 Å². The molecule has 0 spiro atoms. The predicted molar refractivity (Wildman–Crippen MR) is 73.5 cm³/mol. The Morgan fingerprint density at radius 1 is 1.25 bits per heavy atom. The van der Waals surface area contributed by atoms with Crippen LogP contribution in [0, 0.1) is 0 Å². The average Bonchev–Trinajstić information content (AvgIpc) is 2.44. The zero-order valence-electron chi connectivity index (χ0n) is 11.2. The van der Waals surface area contributed by atoms with Gasteiger partial charge in [0.2, 0.25) is 0 Å². The molecule has 0 radical (unpaired) electrons. The van der Waals surface area contributed by atoms with Crippen molar-refractivity contribution in [3.8, 4) is 0 Å². The molecule has 0 aliphatic rings. The van der Waals surface area contributed by atoms with Crippen LogP contribution in [-0.4, -0.2) is 35.3 Å². The third-order valence-corrected chi connectivity index (χ3v) is 2.74. The summed E-state index contributed by atoms with van der Waals surface area (Å²) in [5, 5.41) is 0. The molecule has 1 aromatic heterocycles. The van der Waals surface area contributed by atoms with E-state index < -0.39 is 0 Å². The lowest BCUT2D eigenvalue weighted by molar-refractivity contribution is -0.142. The number of aromatic nitrogens is 2. The molecule has 2 rings (SSSR count). The van der Waals surface area contributed by atoms with Crippen molar-refractivity contribution in [2.75, 3.05) is 19.8 Å². The van der Waals surface area contributed by atoms with E-state index in [-0.39, 0.29) is 18.1 Å². The summed E-state index contributed by atoms with van der Waals surface area (Å²) in [7, 11) is 0. The van der Waals surface area contributed by atoms with Crippen molar-refractivity contribution in [1.29, 1.82) is 0 Å². The highest BCUT2D eigenvalue weighted by Gasteiger charge is 2.03. The molecule has 0 saturated carbocycles. The Bertz CT molecular complexity index is 651. The minimum Gasteiger partial charge on any atom is -0.463 e. The topological polar surface area (TPSA) is 70.4 Å². The lowest BCUT2D eigenvalue weighted by atomic mass is 10.3. The smallest absolute Gasteiger partial charge is 0.302 e. The summed E-state index contributed by atoms with van der Waals surface area (Å²) >= 11 is 0. The minimum atomic E-state index is -0.329. The summed E-state index contributed by atoms with van der Waals surface area (Å²) < 4.78 is 11.7. The molecule has 6 heteroatoms. The Balaban J connectivity index is 1.94. The van der Waals surface area contributed by atoms with Crippen LogP contribution in [0.25, 0.3) is 11.0 Å². The Kier molecular flexibility index (Phi) is 4.84. The van der Waals surface area contributed by atoms with Gasteiger partial charge in [0, 0.05) is 13.5 Å². The number of benzene rings is 1. The maximum Gasteiger partial charge on any atom is 0.302 e. The van der Waals surface area contributed by atoms with Crippen molar-refractivity contribution in [1.82, 2.24) is 9.55 Å². The van der Waals surface area contributed by atoms with E-state index >= 15 is 0 Å². The summed E-state index contributed by atoms with van der Waals surface area (Å²) in [6.07, 6.45) is 1.31. The highest BCUT2D eigenvalue weighted by Crippen LogP contribution is 2.07. The van der Waals surface area contributed by atoms with Gasteiger partial charge < -0.3 is 14.0 Å². The van der Waals surface area contributed by atoms with Crippen LogP contribution >= 0.6 is 0 Å². The molecular weight excluding hydrogens is 260 g/mol. The fraction of sp³-hybridized carbons (Fsp3) is 0.357. The predicted octanol–water partition coefficient (Wildman–Crippen LogP) is 0.976. The molecule has 20 heavy (non-hydrogen) atoms. The molecule has 2 aromatic rings. The molecule has 0 aliphatic carbocycles. The van der Waals surface area contributed by atoms with E-state index in [0.717, 1.165) is 11.0 Å². The Hall–Kier alpha value is -2.21. The van der Waals surface area contributed by atoms with Crippen molar-refractivity contribution < 1.29 is 14.3 Å². The van der Waals surface area contributed by atoms with Crippen molar-refractivity contribution in [2.45, 2.75) is 13.5 Å². The number of ether oxygens (including phenoxy) is 2. The Labute approximate surface area is 116 Å². The second-order valence-electron chi connectivity index (χ2n) is 4.19. The number of hydrogen-bond donors (Lipinski definition) is 0. The van der Waals surface area contributed by atoms with Gasteiger partial charge >= 0.3 is 5.97 Å². The first-order valence-electron chi connectivity index (χ1n) is 6.34. The van der Waals surface area contributed by atoms with Crippen LogP contribution in [0.2, 0.25) is 0 Å². The summed E-state index contributed by atoms with van der Waals surface area (Å²) in [6, 6.07) is 7.44. The summed E-state index contributed by atoms with van der Waals surface area (Å²) in [5.74, 6) is -0.329. The molecule has 0 saturated heterocycles. The zero-order chi connectivity index (χ0) is 14.4. The Morgan fingerprint density at radius 2 is 2.05 bits per heavy atom. The van der Waals surface area contributed by atoms with Gasteiger partial charge in [-0.15, -0.1) is 0 Å². The van der Waals surface area contributed by atoms with Crippen LogP contribution in [0.5, 0.6) is 0 Å². The van der Waals surface area contributed by atoms with Crippen molar-refractivity contribution in [3.63, 3.8) is 0 Å². The maximum atomic E-state index is 11.8. The number of hydrogen-bond acceptors (Lipinski definition) is 5. The van der Waals surface area contributed by atoms with Crippen molar-refractivity contribution in [3.05, 3.63) is 40.8 Å². The van der Waals surface area contributed by atoms with Gasteiger partial charge in [-0.05, 0) is 12.1 Å². The molecule has 0 bridgehead atoms. The van der Waals surface area contributed by atoms with Crippen LogP contribution in [0.4, 0.5) is 0 Å². The number of carbonyl (C=O) groups is 1. The monoisotopic (exact) mass is 276 g/mol. The molecule has 0 amide bonds. The van der Waals surface area contributed by atoms with Gasteiger partial charge in [-0.3, -0.25) is 9.59 Å². The number of para-hydroxylation sites is 2. The van der Waals surface area contributed by atoms with E-state index in [1.54, 1.807) is 4.57 Å². The van der Waals surface area contributed by atoms with Gasteiger partial charge in [0.05, 0.1) is 30.4 Å². The normalized spacial score (nSPS) is 10.7. The standard InChI is InChI=1S/C14H16N2O4/c1-11(17)20-9-8-19-7-6-16-13-5-3-2-4-12(13)15-10-14(16)18/h2-5,10H,6-9H2,1H3. The maximum absolute atomic E-state index is 11.8. The highest BCUT2D eigenvalue weighted by molar-refractivity contribution is 5.74. The van der Waals surface area contributed by atoms with Gasteiger partial charge in [0.25, 0.3) is 5.56 Å². The summed E-state index contributed by atoms with van der Waals surface area (Å²) in [5.41, 5.74) is 1.39. The molecule has 0 N–H and O–H groups in total. The van der Waals surface area contributed by atoms with E-state index in [4.69, 9.17) is 9.47 Å². The van der Waals surface area contributed by atoms with Crippen LogP contribution < -0.4 is 5.56 Å². The van der Waals surface area contributed by atoms with Crippen molar-refractivity contribution in [2.24, 2.45) is 0 Å². The summed E-state index contributed by atoms with van der Waals surface area (Å²) in [4.78, 5) is 26.5. The number of rotatable bonds is 6. The SMILES string of the molecule is CC(=O)OCCOCCn1c(=O)cnc2ccccc21. The lowest BCUT2D eigenvalue weighted by Crippen LogP contribution is -2.23. The third-order valence-electron chi connectivity index (χ3n) is 2.74. The van der Waals surface area contributed by atoms with Gasteiger partial charge in [0.1, 0.15) is 6.61 Å². The molecule has 106 valence electrons. The Morgan fingerprint density at radius 3 is 2.85 bits per heavy atom. The number of esters is 1. The fourth-order valence-corrected chi connectivity index (χ4v) is 1.85. The second-order valence-corrected chi connectivity index (χ2v) is 4.19. The molecule has 0 fully saturated rings. The first-order chi connectivity index (χ1) is 9.68. The minimum absolute atomic E-state index is 0.160. The molecule has 6 nitrogen and oxygen atoms in total. The molecule has 0 atom stereocenters. The van der Waals surface area contributed by atoms with Crippen LogP contribution in [0.15, 0.2) is 35.3 Å². The molecule has 0 unspecified atom stereocenters. The number of carbonyl (C=O) groups excluding carboxylic acids is 1. The molecule has 0 aliphatic heterocycles. The van der Waals surface area contributed by atoms with E-state index in [1.807, 2.05) is 24.3 Å². The molecule has 1 aromatic carbocycles.